The summed E-state index contributed by atoms with van der Waals surface area (Å²) in [4.78, 5) is 7.74. The molecule has 0 saturated carbocycles. The molecule has 2 aromatic heterocycles. The van der Waals surface area contributed by atoms with Crippen molar-refractivity contribution in [1.29, 1.82) is 0 Å². The average molecular weight is 285 g/mol. The number of benzene rings is 1. The third-order valence-corrected chi connectivity index (χ3v) is 3.29. The lowest BCUT2D eigenvalue weighted by molar-refractivity contribution is 0.578. The fourth-order valence-electron chi connectivity index (χ4n) is 2.29. The molecule has 21 heavy (non-hydrogen) atoms. The van der Waals surface area contributed by atoms with E-state index in [0.29, 0.717) is 13.0 Å². The molecule has 5 heteroatoms. The van der Waals surface area contributed by atoms with Crippen molar-refractivity contribution in [2.24, 2.45) is 0 Å². The third kappa shape index (κ3) is 2.81. The number of rotatable bonds is 4. The summed E-state index contributed by atoms with van der Waals surface area (Å²) in [5.74, 6) is -1.37. The number of nitrogens with one attached hydrogen (secondary N) is 1. The Morgan fingerprint density at radius 1 is 1.00 bits per heavy atom. The van der Waals surface area contributed by atoms with Gasteiger partial charge in [0.25, 0.3) is 0 Å². The molecule has 0 fully saturated rings. The van der Waals surface area contributed by atoms with Crippen molar-refractivity contribution >= 4 is 16.6 Å². The minimum atomic E-state index is -0.686. The molecule has 2 heterocycles. The second-order valence-corrected chi connectivity index (χ2v) is 4.64. The van der Waals surface area contributed by atoms with Gasteiger partial charge in [-0.2, -0.15) is 0 Å². The summed E-state index contributed by atoms with van der Waals surface area (Å²) < 4.78 is 26.9. The highest BCUT2D eigenvalue weighted by Gasteiger charge is 2.08. The topological polar surface area (TPSA) is 37.8 Å². The molecule has 0 saturated heterocycles. The van der Waals surface area contributed by atoms with E-state index in [1.807, 2.05) is 30.3 Å². The molecule has 3 nitrogen and oxygen atoms in total. The molecule has 0 radical (unpaired) electrons. The molecule has 106 valence electrons. The summed E-state index contributed by atoms with van der Waals surface area (Å²) in [6, 6.07) is 9.73. The Bertz CT molecular complexity index is 749. The lowest BCUT2D eigenvalue weighted by atomic mass is 10.1. The van der Waals surface area contributed by atoms with E-state index in [1.54, 1.807) is 6.20 Å². The zero-order valence-corrected chi connectivity index (χ0v) is 11.2. The molecule has 0 aliphatic carbocycles. The normalized spacial score (nSPS) is 10.8. The van der Waals surface area contributed by atoms with Crippen LogP contribution in [-0.4, -0.2) is 16.5 Å². The van der Waals surface area contributed by atoms with Gasteiger partial charge in [-0.25, -0.2) is 8.78 Å². The highest BCUT2D eigenvalue weighted by atomic mass is 19.1. The van der Waals surface area contributed by atoms with Crippen molar-refractivity contribution in [2.75, 3.05) is 11.9 Å². The lowest BCUT2D eigenvalue weighted by Gasteiger charge is -2.09. The third-order valence-electron chi connectivity index (χ3n) is 3.29. The van der Waals surface area contributed by atoms with Crippen molar-refractivity contribution in [1.82, 2.24) is 9.97 Å². The number of anilines is 1. The number of fused-ring (bicyclic) bond motifs is 1. The summed E-state index contributed by atoms with van der Waals surface area (Å²) in [6.45, 7) is 0.422. The van der Waals surface area contributed by atoms with Crippen LogP contribution >= 0.6 is 0 Å². The predicted octanol–water partition coefficient (Wildman–Crippen LogP) is 3.56. The summed E-state index contributed by atoms with van der Waals surface area (Å²) in [7, 11) is 0. The highest BCUT2D eigenvalue weighted by Crippen LogP contribution is 2.19. The van der Waals surface area contributed by atoms with Crippen LogP contribution in [0.5, 0.6) is 0 Å². The molecule has 0 spiro atoms. The van der Waals surface area contributed by atoms with Crippen molar-refractivity contribution in [3.05, 3.63) is 66.1 Å². The molecule has 0 bridgehead atoms. The Hall–Kier alpha value is -2.56. The quantitative estimate of drug-likeness (QED) is 0.796. The Balaban J connectivity index is 1.76. The van der Waals surface area contributed by atoms with Gasteiger partial charge >= 0.3 is 0 Å². The van der Waals surface area contributed by atoms with Gasteiger partial charge < -0.3 is 5.32 Å². The zero-order chi connectivity index (χ0) is 14.7. The molecule has 0 atom stereocenters. The van der Waals surface area contributed by atoms with Gasteiger partial charge in [-0.1, -0.05) is 18.2 Å². The van der Waals surface area contributed by atoms with Crippen LogP contribution in [0.15, 0.2) is 48.9 Å². The number of pyridine rings is 2. The molecule has 3 aromatic rings. The van der Waals surface area contributed by atoms with E-state index >= 15 is 0 Å². The first-order valence-electron chi connectivity index (χ1n) is 6.61. The highest BCUT2D eigenvalue weighted by molar-refractivity contribution is 5.81. The second-order valence-electron chi connectivity index (χ2n) is 4.64. The summed E-state index contributed by atoms with van der Waals surface area (Å²) in [5, 5.41) is 3.84. The smallest absolute Gasteiger partial charge is 0.167 e. The van der Waals surface area contributed by atoms with Gasteiger partial charge in [-0.3, -0.25) is 9.97 Å². The maximum atomic E-state index is 13.5. The van der Waals surface area contributed by atoms with Gasteiger partial charge in [0.1, 0.15) is 5.69 Å². The van der Waals surface area contributed by atoms with Crippen LogP contribution < -0.4 is 5.32 Å². The van der Waals surface area contributed by atoms with Crippen molar-refractivity contribution in [3.63, 3.8) is 0 Å². The SMILES string of the molecule is Fc1cncc(F)c1NCCc1cccc2ncccc12. The maximum Gasteiger partial charge on any atom is 0.167 e. The van der Waals surface area contributed by atoms with Crippen LogP contribution in [0.2, 0.25) is 0 Å². The van der Waals surface area contributed by atoms with E-state index in [1.165, 1.54) is 0 Å². The maximum absolute atomic E-state index is 13.5. The fraction of sp³-hybridized carbons (Fsp3) is 0.125. The van der Waals surface area contributed by atoms with Gasteiger partial charge in [0.05, 0.1) is 17.9 Å². The number of hydrogen-bond donors (Lipinski definition) is 1. The molecule has 1 N–H and O–H groups in total. The van der Waals surface area contributed by atoms with Crippen LogP contribution in [0, 0.1) is 11.6 Å². The first-order chi connectivity index (χ1) is 10.3. The molecule has 0 unspecified atom stereocenters. The van der Waals surface area contributed by atoms with Crippen LogP contribution in [-0.2, 0) is 6.42 Å². The molecular formula is C16H13F2N3. The summed E-state index contributed by atoms with van der Waals surface area (Å²) in [5.41, 5.74) is 1.86. The zero-order valence-electron chi connectivity index (χ0n) is 11.2. The van der Waals surface area contributed by atoms with Crippen molar-refractivity contribution in [2.45, 2.75) is 6.42 Å². The average Bonchev–Trinajstić information content (AvgIpc) is 2.50. The Kier molecular flexibility index (Phi) is 3.73. The van der Waals surface area contributed by atoms with E-state index in [2.05, 4.69) is 15.3 Å². The Labute approximate surface area is 120 Å². The van der Waals surface area contributed by atoms with E-state index in [4.69, 9.17) is 0 Å². The van der Waals surface area contributed by atoms with Gasteiger partial charge in [-0.15, -0.1) is 0 Å². The second kappa shape index (κ2) is 5.83. The van der Waals surface area contributed by atoms with E-state index in [9.17, 15) is 8.78 Å². The largest absolute Gasteiger partial charge is 0.380 e. The number of nitrogens with zero attached hydrogens (tertiary/aromatic N) is 2. The van der Waals surface area contributed by atoms with E-state index < -0.39 is 11.6 Å². The summed E-state index contributed by atoms with van der Waals surface area (Å²) >= 11 is 0. The molecular weight excluding hydrogens is 272 g/mol. The van der Waals surface area contributed by atoms with Gasteiger partial charge in [0.2, 0.25) is 0 Å². The van der Waals surface area contributed by atoms with Crippen LogP contribution in [0.25, 0.3) is 10.9 Å². The first kappa shape index (κ1) is 13.4. The van der Waals surface area contributed by atoms with Gasteiger partial charge in [0.15, 0.2) is 11.6 Å². The fourth-order valence-corrected chi connectivity index (χ4v) is 2.29. The minimum absolute atomic E-state index is 0.136. The van der Waals surface area contributed by atoms with Crippen molar-refractivity contribution < 1.29 is 8.78 Å². The lowest BCUT2D eigenvalue weighted by Crippen LogP contribution is -2.08. The molecule has 1 aromatic carbocycles. The van der Waals surface area contributed by atoms with Crippen molar-refractivity contribution in [3.8, 4) is 0 Å². The van der Waals surface area contributed by atoms with Gasteiger partial charge in [-0.05, 0) is 24.1 Å². The van der Waals surface area contributed by atoms with Crippen LogP contribution in [0.4, 0.5) is 14.5 Å². The molecule has 3 rings (SSSR count). The van der Waals surface area contributed by atoms with E-state index in [-0.39, 0.29) is 5.69 Å². The monoisotopic (exact) mass is 285 g/mol. The minimum Gasteiger partial charge on any atom is -0.380 e. The summed E-state index contributed by atoms with van der Waals surface area (Å²) in [6.07, 6.45) is 4.37. The molecule has 0 aliphatic rings. The van der Waals surface area contributed by atoms with Crippen LogP contribution in [0.1, 0.15) is 5.56 Å². The number of hydrogen-bond acceptors (Lipinski definition) is 3. The number of aromatic nitrogens is 2. The van der Waals surface area contributed by atoms with E-state index in [0.717, 1.165) is 28.9 Å². The van der Waals surface area contributed by atoms with Crippen LogP contribution in [0.3, 0.4) is 0 Å². The Morgan fingerprint density at radius 2 is 1.81 bits per heavy atom. The molecule has 0 amide bonds. The number of halogens is 2. The predicted molar refractivity (Wildman–Crippen MR) is 78.1 cm³/mol. The van der Waals surface area contributed by atoms with Gasteiger partial charge in [0, 0.05) is 18.1 Å². The Morgan fingerprint density at radius 3 is 2.62 bits per heavy atom. The first-order valence-corrected chi connectivity index (χ1v) is 6.61. The standard InChI is InChI=1S/C16H13F2N3/c17-13-9-19-10-14(18)16(13)21-8-6-11-3-1-5-15-12(11)4-2-7-20-15/h1-5,7,9-10H,6,8H2,(H,19,21). The molecule has 0 aliphatic heterocycles.